The molecule has 0 radical (unpaired) electrons. The predicted octanol–water partition coefficient (Wildman–Crippen LogP) is 0.750. The summed E-state index contributed by atoms with van der Waals surface area (Å²) in [7, 11) is 3.69. The molecule has 0 aromatic heterocycles. The Morgan fingerprint density at radius 1 is 1.09 bits per heavy atom. The summed E-state index contributed by atoms with van der Waals surface area (Å²) in [5, 5.41) is 13.5. The van der Waals surface area contributed by atoms with E-state index in [4.69, 9.17) is 0 Å². The molecule has 0 aliphatic carbocycles. The van der Waals surface area contributed by atoms with Gasteiger partial charge in [-0.05, 0) is 0 Å². The third-order valence-corrected chi connectivity index (χ3v) is 5.01. The van der Waals surface area contributed by atoms with Gasteiger partial charge in [-0.1, -0.05) is 0 Å². The third kappa shape index (κ3) is 5.49. The average Bonchev–Trinajstić information content (AvgIpc) is 2.49. The maximum atomic E-state index is 11.7. The molecule has 1 amide bonds. The Balaban J connectivity index is 1.97. The third-order valence-electron chi connectivity index (χ3n) is 2.88. The van der Waals surface area contributed by atoms with E-state index >= 15 is 0 Å². The molecule has 0 aliphatic heterocycles. The van der Waals surface area contributed by atoms with Gasteiger partial charge in [0, 0.05) is 0 Å². The van der Waals surface area contributed by atoms with Crippen molar-refractivity contribution in [2.45, 2.75) is 0 Å². The molecule has 0 bridgehead atoms. The van der Waals surface area contributed by atoms with E-state index in [1.54, 1.807) is 17.0 Å². The van der Waals surface area contributed by atoms with Crippen LogP contribution in [0.5, 0.6) is 0 Å². The summed E-state index contributed by atoms with van der Waals surface area (Å²) in [6.07, 6.45) is 0. The van der Waals surface area contributed by atoms with Crippen molar-refractivity contribution in [3.8, 4) is 0 Å². The second-order valence-corrected chi connectivity index (χ2v) is 7.57. The van der Waals surface area contributed by atoms with E-state index in [0.717, 1.165) is 14.6 Å². The summed E-state index contributed by atoms with van der Waals surface area (Å²) in [6.45, 7) is 0.342. The first-order valence-electron chi connectivity index (χ1n) is 6.91. The van der Waals surface area contributed by atoms with E-state index in [-0.39, 0.29) is 26.6 Å². The molecule has 0 unspecified atom stereocenters. The zero-order valence-electron chi connectivity index (χ0n) is 12.9. The molecule has 0 fully saturated rings. The molecule has 120 valence electrons. The summed E-state index contributed by atoms with van der Waals surface area (Å²) in [5.74, 6) is -0.0522. The molecule has 2 rings (SSSR count). The first-order valence-corrected chi connectivity index (χ1v) is 8.62. The number of nitrogens with one attached hydrogen (secondary N) is 1. The molecular formula is C16H17N3O3Se. The molecule has 0 spiro atoms. The molecule has 2 aromatic carbocycles. The summed E-state index contributed by atoms with van der Waals surface area (Å²) in [6, 6.07) is 14.3. The van der Waals surface area contributed by atoms with Crippen LogP contribution in [-0.4, -0.2) is 51.3 Å². The molecule has 0 saturated carbocycles. The molecular weight excluding hydrogens is 361 g/mol. The molecule has 23 heavy (non-hydrogen) atoms. The fraction of sp³-hybridized carbons (Fsp3) is 0.188. The van der Waals surface area contributed by atoms with Crippen LogP contribution < -0.4 is 14.2 Å². The van der Waals surface area contributed by atoms with Crippen molar-refractivity contribution in [1.29, 1.82) is 0 Å². The zero-order valence-corrected chi connectivity index (χ0v) is 14.6. The van der Waals surface area contributed by atoms with Gasteiger partial charge in [-0.3, -0.25) is 0 Å². The number of non-ortho nitro benzene ring substituents is 1. The van der Waals surface area contributed by atoms with E-state index in [0.29, 0.717) is 6.54 Å². The van der Waals surface area contributed by atoms with Crippen LogP contribution in [0.15, 0.2) is 48.5 Å². The number of nitrogens with zero attached hydrogens (tertiary/aromatic N) is 2. The molecule has 6 nitrogen and oxygen atoms in total. The number of rotatable bonds is 6. The fourth-order valence-corrected chi connectivity index (χ4v) is 3.58. The molecule has 7 heteroatoms. The van der Waals surface area contributed by atoms with Crippen LogP contribution in [0.1, 0.15) is 0 Å². The van der Waals surface area contributed by atoms with Gasteiger partial charge in [-0.2, -0.15) is 0 Å². The number of hydrogen-bond acceptors (Lipinski definition) is 4. The van der Waals surface area contributed by atoms with Gasteiger partial charge in [0.1, 0.15) is 0 Å². The van der Waals surface area contributed by atoms with Crippen molar-refractivity contribution in [1.82, 2.24) is 4.90 Å². The monoisotopic (exact) mass is 379 g/mol. The minimum absolute atomic E-state index is 0.0522. The summed E-state index contributed by atoms with van der Waals surface area (Å²) in [4.78, 5) is 23.7. The van der Waals surface area contributed by atoms with Crippen LogP contribution >= 0.6 is 0 Å². The van der Waals surface area contributed by atoms with E-state index < -0.39 is 4.92 Å². The van der Waals surface area contributed by atoms with Gasteiger partial charge >= 0.3 is 140 Å². The molecule has 1 N–H and O–H groups in total. The minimum atomic E-state index is -0.401. The van der Waals surface area contributed by atoms with Crippen molar-refractivity contribution in [3.05, 3.63) is 58.6 Å². The van der Waals surface area contributed by atoms with Crippen molar-refractivity contribution in [2.75, 3.05) is 26.0 Å². The molecule has 0 saturated heterocycles. The number of nitro benzene ring substituents is 1. The first kappa shape index (κ1) is 17.1. The van der Waals surface area contributed by atoms with E-state index in [1.807, 2.05) is 38.4 Å². The van der Waals surface area contributed by atoms with Crippen LogP contribution in [0.2, 0.25) is 0 Å². The topological polar surface area (TPSA) is 75.5 Å². The Labute approximate surface area is 140 Å². The van der Waals surface area contributed by atoms with Gasteiger partial charge in [0.25, 0.3) is 0 Å². The van der Waals surface area contributed by atoms with Crippen molar-refractivity contribution in [3.63, 3.8) is 0 Å². The number of carbonyl (C=O) groups is 1. The second-order valence-electron chi connectivity index (χ2n) is 5.16. The average molecular weight is 378 g/mol. The molecule has 0 heterocycles. The van der Waals surface area contributed by atoms with Crippen LogP contribution in [0.25, 0.3) is 0 Å². The summed E-state index contributed by atoms with van der Waals surface area (Å²) in [5.41, 5.74) is 0.864. The normalized spacial score (nSPS) is 10.6. The Hall–Kier alpha value is -2.21. The predicted molar refractivity (Wildman–Crippen MR) is 91.7 cm³/mol. The Bertz CT molecular complexity index is 685. The standard InChI is InChI=1S/C16H17N3O3Se/c1-18(2)11-16(20)17-12-3-7-14(8-4-12)23-15-9-5-13(6-10-15)19(21)22/h3-10H,11H2,1-2H3,(H,17,20). The zero-order chi connectivity index (χ0) is 16.8. The second kappa shape index (κ2) is 7.87. The SMILES string of the molecule is CN(C)CC(=O)Nc1ccc([Se]c2ccc([N+](=O)[O-])cc2)cc1. The van der Waals surface area contributed by atoms with Gasteiger partial charge in [-0.25, -0.2) is 0 Å². The van der Waals surface area contributed by atoms with E-state index in [2.05, 4.69) is 5.32 Å². The Morgan fingerprint density at radius 2 is 1.61 bits per heavy atom. The fourth-order valence-electron chi connectivity index (χ4n) is 1.87. The van der Waals surface area contributed by atoms with E-state index in [1.165, 1.54) is 12.1 Å². The van der Waals surface area contributed by atoms with Crippen molar-refractivity contribution in [2.24, 2.45) is 0 Å². The van der Waals surface area contributed by atoms with Crippen LogP contribution in [0, 0.1) is 10.1 Å². The van der Waals surface area contributed by atoms with E-state index in [9.17, 15) is 14.9 Å². The Kier molecular flexibility index (Phi) is 5.87. The summed E-state index contributed by atoms with van der Waals surface area (Å²) >= 11 is 0.0707. The number of amides is 1. The number of likely N-dealkylation sites (N-methyl/N-ethyl adjacent to an activating group) is 1. The van der Waals surface area contributed by atoms with Crippen molar-refractivity contribution < 1.29 is 9.72 Å². The molecule has 2 aromatic rings. The van der Waals surface area contributed by atoms with Gasteiger partial charge in [-0.15, -0.1) is 0 Å². The van der Waals surface area contributed by atoms with Crippen LogP contribution in [-0.2, 0) is 4.79 Å². The number of benzene rings is 2. The number of nitro groups is 1. The number of carbonyl (C=O) groups excluding carboxylic acids is 1. The summed E-state index contributed by atoms with van der Waals surface area (Å²) < 4.78 is 2.20. The van der Waals surface area contributed by atoms with Gasteiger partial charge in [0.05, 0.1) is 0 Å². The quantitative estimate of drug-likeness (QED) is 0.457. The van der Waals surface area contributed by atoms with Crippen molar-refractivity contribution >= 4 is 41.2 Å². The van der Waals surface area contributed by atoms with Gasteiger partial charge in [0.2, 0.25) is 0 Å². The molecule has 0 aliphatic rings. The first-order chi connectivity index (χ1) is 10.9. The van der Waals surface area contributed by atoms with Crippen LogP contribution in [0.3, 0.4) is 0 Å². The number of hydrogen-bond donors (Lipinski definition) is 1. The van der Waals surface area contributed by atoms with Gasteiger partial charge in [0.15, 0.2) is 0 Å². The van der Waals surface area contributed by atoms with Crippen LogP contribution in [0.4, 0.5) is 11.4 Å². The Morgan fingerprint density at radius 3 is 2.09 bits per heavy atom. The maximum absolute atomic E-state index is 11.7. The number of anilines is 1. The molecule has 0 atom stereocenters. The van der Waals surface area contributed by atoms with Gasteiger partial charge < -0.3 is 0 Å².